The molecule has 0 spiro atoms. The van der Waals surface area contributed by atoms with Gasteiger partial charge in [0.2, 0.25) is 0 Å². The first-order chi connectivity index (χ1) is 20.9. The highest BCUT2D eigenvalue weighted by atomic mass is 15.1. The van der Waals surface area contributed by atoms with E-state index in [4.69, 9.17) is 0 Å². The van der Waals surface area contributed by atoms with Crippen molar-refractivity contribution in [3.63, 3.8) is 0 Å². The summed E-state index contributed by atoms with van der Waals surface area (Å²) in [6, 6.07) is 50.5. The Bertz CT molecular complexity index is 1790. The minimum absolute atomic E-state index is 1.15. The van der Waals surface area contributed by atoms with Gasteiger partial charge in [-0.05, 0) is 130 Å². The summed E-state index contributed by atoms with van der Waals surface area (Å²) >= 11 is 0. The Hall–Kier alpha value is -5.08. The molecule has 212 valence electrons. The number of hydrogen-bond acceptors (Lipinski definition) is 2. The van der Waals surface area contributed by atoms with Gasteiger partial charge in [-0.3, -0.25) is 0 Å². The van der Waals surface area contributed by atoms with E-state index in [0.717, 1.165) is 22.7 Å². The van der Waals surface area contributed by atoms with Crippen LogP contribution < -0.4 is 9.80 Å². The van der Waals surface area contributed by atoms with Crippen molar-refractivity contribution in [1.29, 1.82) is 0 Å². The number of aryl methyl sites for hydroxylation is 5. The zero-order chi connectivity index (χ0) is 29.9. The Morgan fingerprint density at radius 2 is 0.651 bits per heavy atom. The van der Waals surface area contributed by atoms with Crippen molar-refractivity contribution in [2.24, 2.45) is 0 Å². The smallest absolute Gasteiger partial charge is 0.0491 e. The Labute approximate surface area is 256 Å². The number of para-hydroxylation sites is 1. The maximum atomic E-state index is 2.35. The third-order valence-electron chi connectivity index (χ3n) is 8.10. The van der Waals surface area contributed by atoms with Crippen LogP contribution in [-0.2, 0) is 0 Å². The standard InChI is InChI=1S/C41H38N2/c1-29-11-19-37(20-12-29)42(36-9-7-6-8-10-36)40-25-17-34(27-32(40)4)35-18-26-41(33(5)28-35)43(38-21-13-30(2)14-22-38)39-23-15-31(3)16-24-39/h6-28H,1-5H3. The summed E-state index contributed by atoms with van der Waals surface area (Å²) in [7, 11) is 0. The SMILES string of the molecule is Cc1ccc(N(c2ccccc2)c2ccc(-c3ccc(N(c4ccc(C)cc4)c4ccc(C)cc4)c(C)c3)cc2C)cc1. The molecular weight excluding hydrogens is 520 g/mol. The fourth-order valence-electron chi connectivity index (χ4n) is 5.68. The highest BCUT2D eigenvalue weighted by Gasteiger charge is 2.17. The van der Waals surface area contributed by atoms with Crippen molar-refractivity contribution in [2.75, 3.05) is 9.80 Å². The number of anilines is 6. The first-order valence-corrected chi connectivity index (χ1v) is 14.9. The van der Waals surface area contributed by atoms with Gasteiger partial charge in [-0.15, -0.1) is 0 Å². The third-order valence-corrected chi connectivity index (χ3v) is 8.10. The average Bonchev–Trinajstić information content (AvgIpc) is 3.02. The second kappa shape index (κ2) is 12.0. The zero-order valence-electron chi connectivity index (χ0n) is 25.7. The molecule has 0 saturated carbocycles. The van der Waals surface area contributed by atoms with Crippen molar-refractivity contribution in [3.05, 3.63) is 167 Å². The number of nitrogens with zero attached hydrogens (tertiary/aromatic N) is 2. The quantitative estimate of drug-likeness (QED) is 0.192. The molecule has 6 aromatic rings. The van der Waals surface area contributed by atoms with Crippen LogP contribution in [0.4, 0.5) is 34.1 Å². The van der Waals surface area contributed by atoms with Crippen LogP contribution in [0.5, 0.6) is 0 Å². The molecule has 0 aliphatic carbocycles. The van der Waals surface area contributed by atoms with Crippen molar-refractivity contribution in [1.82, 2.24) is 0 Å². The van der Waals surface area contributed by atoms with Crippen LogP contribution >= 0.6 is 0 Å². The number of benzene rings is 6. The number of hydrogen-bond donors (Lipinski definition) is 0. The van der Waals surface area contributed by atoms with Gasteiger partial charge in [0.05, 0.1) is 0 Å². The molecule has 6 rings (SSSR count). The second-order valence-corrected chi connectivity index (χ2v) is 11.5. The van der Waals surface area contributed by atoms with Crippen LogP contribution in [0.1, 0.15) is 27.8 Å². The Kier molecular flexibility index (Phi) is 7.85. The van der Waals surface area contributed by atoms with E-state index in [1.165, 1.54) is 50.3 Å². The molecule has 0 bridgehead atoms. The molecule has 0 aromatic heterocycles. The van der Waals surface area contributed by atoms with Crippen molar-refractivity contribution in [2.45, 2.75) is 34.6 Å². The largest absolute Gasteiger partial charge is 0.310 e. The van der Waals surface area contributed by atoms with Crippen LogP contribution in [0, 0.1) is 34.6 Å². The average molecular weight is 559 g/mol. The maximum absolute atomic E-state index is 2.35. The van der Waals surface area contributed by atoms with Gasteiger partial charge < -0.3 is 9.80 Å². The number of rotatable bonds is 7. The Morgan fingerprint density at radius 3 is 0.977 bits per heavy atom. The minimum Gasteiger partial charge on any atom is -0.310 e. The third kappa shape index (κ3) is 5.96. The topological polar surface area (TPSA) is 6.48 Å². The van der Waals surface area contributed by atoms with Crippen LogP contribution in [0.15, 0.2) is 140 Å². The van der Waals surface area contributed by atoms with Crippen LogP contribution in [0.3, 0.4) is 0 Å². The second-order valence-electron chi connectivity index (χ2n) is 11.5. The maximum Gasteiger partial charge on any atom is 0.0491 e. The van der Waals surface area contributed by atoms with Crippen LogP contribution in [-0.4, -0.2) is 0 Å². The van der Waals surface area contributed by atoms with Gasteiger partial charge in [0.25, 0.3) is 0 Å². The first-order valence-electron chi connectivity index (χ1n) is 14.9. The summed E-state index contributed by atoms with van der Waals surface area (Å²) < 4.78 is 0. The van der Waals surface area contributed by atoms with E-state index in [0.29, 0.717) is 0 Å². The molecule has 2 nitrogen and oxygen atoms in total. The van der Waals surface area contributed by atoms with Crippen LogP contribution in [0.25, 0.3) is 11.1 Å². The highest BCUT2D eigenvalue weighted by molar-refractivity contribution is 5.83. The lowest BCUT2D eigenvalue weighted by atomic mass is 9.98. The molecule has 0 aliphatic heterocycles. The predicted octanol–water partition coefficient (Wildman–Crippen LogP) is 11.8. The van der Waals surface area contributed by atoms with E-state index >= 15 is 0 Å². The minimum atomic E-state index is 1.15. The summed E-state index contributed by atoms with van der Waals surface area (Å²) in [4.78, 5) is 4.69. The monoisotopic (exact) mass is 558 g/mol. The molecule has 0 amide bonds. The summed E-state index contributed by atoms with van der Waals surface area (Å²) in [5.41, 5.74) is 15.6. The zero-order valence-corrected chi connectivity index (χ0v) is 25.7. The summed E-state index contributed by atoms with van der Waals surface area (Å²) in [6.07, 6.45) is 0. The van der Waals surface area contributed by atoms with Crippen molar-refractivity contribution in [3.8, 4) is 11.1 Å². The van der Waals surface area contributed by atoms with Gasteiger partial charge in [-0.2, -0.15) is 0 Å². The highest BCUT2D eigenvalue weighted by Crippen LogP contribution is 2.40. The molecule has 0 heterocycles. The van der Waals surface area contributed by atoms with E-state index in [1.54, 1.807) is 0 Å². The van der Waals surface area contributed by atoms with E-state index in [-0.39, 0.29) is 0 Å². The molecule has 43 heavy (non-hydrogen) atoms. The Morgan fingerprint density at radius 1 is 0.326 bits per heavy atom. The van der Waals surface area contributed by atoms with E-state index in [9.17, 15) is 0 Å². The van der Waals surface area contributed by atoms with Crippen LogP contribution in [0.2, 0.25) is 0 Å². The van der Waals surface area contributed by atoms with E-state index < -0.39 is 0 Å². The Balaban J connectivity index is 1.38. The molecule has 0 radical (unpaired) electrons. The van der Waals surface area contributed by atoms with Gasteiger partial charge >= 0.3 is 0 Å². The summed E-state index contributed by atoms with van der Waals surface area (Å²) in [5, 5.41) is 0. The predicted molar refractivity (Wildman–Crippen MR) is 185 cm³/mol. The first kappa shape index (κ1) is 28.1. The molecule has 6 aromatic carbocycles. The van der Waals surface area contributed by atoms with E-state index in [1.807, 2.05) is 0 Å². The molecular formula is C41H38N2. The summed E-state index contributed by atoms with van der Waals surface area (Å²) in [6.45, 7) is 10.8. The van der Waals surface area contributed by atoms with Gasteiger partial charge in [0.15, 0.2) is 0 Å². The lowest BCUT2D eigenvalue weighted by molar-refractivity contribution is 1.24. The van der Waals surface area contributed by atoms with Crippen molar-refractivity contribution < 1.29 is 0 Å². The lowest BCUT2D eigenvalue weighted by Crippen LogP contribution is -2.11. The molecule has 0 saturated heterocycles. The molecule has 0 atom stereocenters. The van der Waals surface area contributed by atoms with Crippen molar-refractivity contribution >= 4 is 34.1 Å². The molecule has 0 N–H and O–H groups in total. The van der Waals surface area contributed by atoms with Gasteiger partial charge in [0.1, 0.15) is 0 Å². The lowest BCUT2D eigenvalue weighted by Gasteiger charge is -2.28. The van der Waals surface area contributed by atoms with E-state index in [2.05, 4.69) is 184 Å². The molecule has 0 aliphatic rings. The molecule has 0 unspecified atom stereocenters. The fraction of sp³-hybridized carbons (Fsp3) is 0.122. The van der Waals surface area contributed by atoms with Gasteiger partial charge in [0, 0.05) is 34.1 Å². The van der Waals surface area contributed by atoms with Gasteiger partial charge in [-0.1, -0.05) is 83.4 Å². The fourth-order valence-corrected chi connectivity index (χ4v) is 5.68. The normalized spacial score (nSPS) is 10.9. The summed E-state index contributed by atoms with van der Waals surface area (Å²) in [5.74, 6) is 0. The van der Waals surface area contributed by atoms with Gasteiger partial charge in [-0.25, -0.2) is 0 Å². The molecule has 2 heteroatoms. The molecule has 0 fully saturated rings.